The monoisotopic (exact) mass is 437 g/mol. The molecule has 0 aliphatic carbocycles. The summed E-state index contributed by atoms with van der Waals surface area (Å²) in [4.78, 5) is 11.7. The first-order chi connectivity index (χ1) is 8.94. The summed E-state index contributed by atoms with van der Waals surface area (Å²) in [5.74, 6) is -1.40. The molecule has 1 atom stereocenters. The van der Waals surface area contributed by atoms with Gasteiger partial charge >= 0.3 is 18.3 Å². The van der Waals surface area contributed by atoms with E-state index in [9.17, 15) is 36.2 Å². The van der Waals surface area contributed by atoms with Gasteiger partial charge in [-0.25, -0.2) is 0 Å². The van der Waals surface area contributed by atoms with E-state index in [4.69, 9.17) is 5.73 Å². The molecule has 0 aromatic carbocycles. The number of carbonyl (C=O) groups is 1. The third-order valence-electron chi connectivity index (χ3n) is 2.85. The summed E-state index contributed by atoms with van der Waals surface area (Å²) in [6, 6.07) is 0. The first-order valence-corrected chi connectivity index (χ1v) is 6.50. The van der Waals surface area contributed by atoms with Gasteiger partial charge in [-0.1, -0.05) is 22.6 Å². The highest BCUT2D eigenvalue weighted by atomic mass is 127. The molecule has 0 bridgehead atoms. The minimum Gasteiger partial charge on any atom is -0.455 e. The maximum absolute atomic E-state index is 12.7. The highest BCUT2D eigenvalue weighted by Gasteiger charge is 2.78. The molecule has 0 fully saturated rings. The lowest BCUT2D eigenvalue weighted by Gasteiger charge is -2.44. The summed E-state index contributed by atoms with van der Waals surface area (Å²) < 4.78 is 79.2. The maximum Gasteiger partial charge on any atom is 0.430 e. The van der Waals surface area contributed by atoms with Gasteiger partial charge in [-0.3, -0.25) is 4.79 Å². The molecule has 0 aliphatic rings. The van der Waals surface area contributed by atoms with Crippen LogP contribution in [0.4, 0.5) is 26.3 Å². The van der Waals surface area contributed by atoms with Crippen LogP contribution < -0.4 is 5.73 Å². The Balaban J connectivity index is 5.79. The topological polar surface area (TPSA) is 72.6 Å². The Bertz CT molecular complexity index is 391. The van der Waals surface area contributed by atoms with Crippen LogP contribution in [0, 0.1) is 0 Å². The zero-order chi connectivity index (χ0) is 17.5. The first-order valence-electron chi connectivity index (χ1n) is 5.42. The third-order valence-corrected chi connectivity index (χ3v) is 3.73. The van der Waals surface area contributed by atoms with Crippen LogP contribution >= 0.6 is 22.6 Å². The number of nitrogens with two attached hydrogens (primary N) is 1. The minimum atomic E-state index is -6.10. The fraction of sp³-hybridized carbons (Fsp3) is 0.900. The van der Waals surface area contributed by atoms with E-state index in [2.05, 4.69) is 4.74 Å². The number of hydrogen-bond acceptors (Lipinski definition) is 4. The van der Waals surface area contributed by atoms with Crippen molar-refractivity contribution in [2.75, 3.05) is 6.54 Å². The number of halogens is 7. The molecule has 0 rings (SSSR count). The molecule has 0 spiro atoms. The lowest BCUT2D eigenvalue weighted by atomic mass is 9.84. The van der Waals surface area contributed by atoms with Crippen LogP contribution in [0.25, 0.3) is 0 Å². The molecule has 0 heterocycles. The predicted octanol–water partition coefficient (Wildman–Crippen LogP) is 2.32. The predicted molar refractivity (Wildman–Crippen MR) is 68.7 cm³/mol. The van der Waals surface area contributed by atoms with Crippen molar-refractivity contribution in [2.24, 2.45) is 5.73 Å². The van der Waals surface area contributed by atoms with E-state index in [1.807, 2.05) is 0 Å². The number of ether oxygens (including phenoxy) is 1. The molecular formula is C10H14F6INO3. The first kappa shape index (κ1) is 20.7. The van der Waals surface area contributed by atoms with Gasteiger partial charge in [0.15, 0.2) is 5.60 Å². The van der Waals surface area contributed by atoms with Gasteiger partial charge < -0.3 is 15.6 Å². The highest BCUT2D eigenvalue weighted by molar-refractivity contribution is 14.1. The second-order valence-electron chi connectivity index (χ2n) is 5.01. The van der Waals surface area contributed by atoms with Crippen molar-refractivity contribution >= 4 is 28.6 Å². The number of rotatable bonds is 4. The molecule has 11 heteroatoms. The van der Waals surface area contributed by atoms with Gasteiger partial charge in [-0.05, 0) is 20.8 Å². The van der Waals surface area contributed by atoms with Crippen molar-refractivity contribution < 1.29 is 41.0 Å². The Hall–Kier alpha value is -0.300. The molecule has 126 valence electrons. The number of aliphatic hydroxyl groups is 1. The van der Waals surface area contributed by atoms with E-state index in [0.29, 0.717) is 13.8 Å². The summed E-state index contributed by atoms with van der Waals surface area (Å²) in [6.45, 7) is 1.45. The molecule has 0 aromatic rings. The zero-order valence-corrected chi connectivity index (χ0v) is 13.4. The minimum absolute atomic E-state index is 0.328. The molecule has 0 saturated carbocycles. The average Bonchev–Trinajstić information content (AvgIpc) is 2.23. The standard InChI is InChI=1S/C10H14F6INO3/c1-6(2,21-5(19)7(3,17)4-18)8(20,9(11,12)13)10(14,15)16/h20H,4,18H2,1-3H3. The Labute approximate surface area is 130 Å². The molecule has 0 radical (unpaired) electrons. The third kappa shape index (κ3) is 3.73. The number of alkyl halides is 7. The van der Waals surface area contributed by atoms with E-state index in [-0.39, 0.29) is 6.54 Å². The smallest absolute Gasteiger partial charge is 0.430 e. The van der Waals surface area contributed by atoms with E-state index >= 15 is 0 Å². The van der Waals surface area contributed by atoms with Crippen LogP contribution in [0.1, 0.15) is 20.8 Å². The van der Waals surface area contributed by atoms with Crippen LogP contribution in [0.15, 0.2) is 0 Å². The Morgan fingerprint density at radius 2 is 1.43 bits per heavy atom. The maximum atomic E-state index is 12.7. The van der Waals surface area contributed by atoms with Gasteiger partial charge in [0, 0.05) is 6.54 Å². The molecule has 4 nitrogen and oxygen atoms in total. The van der Waals surface area contributed by atoms with Crippen molar-refractivity contribution in [2.45, 2.75) is 47.7 Å². The molecule has 21 heavy (non-hydrogen) atoms. The summed E-state index contributed by atoms with van der Waals surface area (Å²) in [7, 11) is 0. The van der Waals surface area contributed by atoms with Crippen molar-refractivity contribution in [1.29, 1.82) is 0 Å². The Morgan fingerprint density at radius 1 is 1.10 bits per heavy atom. The molecule has 0 amide bonds. The van der Waals surface area contributed by atoms with Crippen molar-refractivity contribution in [3.05, 3.63) is 0 Å². The highest BCUT2D eigenvalue weighted by Crippen LogP contribution is 2.50. The van der Waals surface area contributed by atoms with Crippen LogP contribution in [0.2, 0.25) is 0 Å². The fourth-order valence-electron chi connectivity index (χ4n) is 1.34. The van der Waals surface area contributed by atoms with Crippen molar-refractivity contribution in [3.63, 3.8) is 0 Å². The molecule has 0 saturated heterocycles. The summed E-state index contributed by atoms with van der Waals surface area (Å²) >= 11 is 1.43. The largest absolute Gasteiger partial charge is 0.455 e. The van der Waals surface area contributed by atoms with Crippen LogP contribution in [0.5, 0.6) is 0 Å². The van der Waals surface area contributed by atoms with Gasteiger partial charge in [0.2, 0.25) is 0 Å². The van der Waals surface area contributed by atoms with Gasteiger partial charge in [0.25, 0.3) is 5.60 Å². The van der Waals surface area contributed by atoms with Gasteiger partial charge in [-0.2, -0.15) is 26.3 Å². The summed E-state index contributed by atoms with van der Waals surface area (Å²) in [5, 5.41) is 9.24. The molecule has 0 aliphatic heterocycles. The Morgan fingerprint density at radius 3 is 1.67 bits per heavy atom. The second-order valence-corrected chi connectivity index (χ2v) is 7.39. The molecular weight excluding hydrogens is 423 g/mol. The van der Waals surface area contributed by atoms with Crippen LogP contribution in [-0.4, -0.2) is 44.6 Å². The van der Waals surface area contributed by atoms with E-state index < -0.39 is 32.9 Å². The fourth-order valence-corrected chi connectivity index (χ4v) is 1.45. The zero-order valence-electron chi connectivity index (χ0n) is 11.2. The summed E-state index contributed by atoms with van der Waals surface area (Å²) in [6.07, 6.45) is -12.2. The molecule has 0 aromatic heterocycles. The molecule has 1 unspecified atom stereocenters. The van der Waals surface area contributed by atoms with Gasteiger partial charge in [-0.15, -0.1) is 0 Å². The SMILES string of the molecule is CC(I)(CN)C(=O)OC(C)(C)C(O)(C(F)(F)F)C(F)(F)F. The number of hydrogen-bond donors (Lipinski definition) is 2. The van der Waals surface area contributed by atoms with Crippen LogP contribution in [-0.2, 0) is 9.53 Å². The van der Waals surface area contributed by atoms with Crippen LogP contribution in [0.3, 0.4) is 0 Å². The normalized spacial score (nSPS) is 17.3. The van der Waals surface area contributed by atoms with Gasteiger partial charge in [0.05, 0.1) is 0 Å². The van der Waals surface area contributed by atoms with E-state index in [0.717, 1.165) is 0 Å². The summed E-state index contributed by atoms with van der Waals surface area (Å²) in [5.41, 5.74) is -3.33. The van der Waals surface area contributed by atoms with Crippen molar-refractivity contribution in [3.8, 4) is 0 Å². The van der Waals surface area contributed by atoms with E-state index in [1.165, 1.54) is 29.5 Å². The second kappa shape index (κ2) is 5.72. The van der Waals surface area contributed by atoms with Gasteiger partial charge in [0.1, 0.15) is 3.42 Å². The lowest BCUT2D eigenvalue weighted by Crippen LogP contribution is -2.70. The number of esters is 1. The Kier molecular flexibility index (Phi) is 5.64. The lowest BCUT2D eigenvalue weighted by molar-refractivity contribution is -0.407. The number of carbonyl (C=O) groups excluding carboxylic acids is 1. The molecule has 3 N–H and O–H groups in total. The van der Waals surface area contributed by atoms with E-state index in [1.54, 1.807) is 0 Å². The quantitative estimate of drug-likeness (QED) is 0.307. The van der Waals surface area contributed by atoms with Crippen molar-refractivity contribution in [1.82, 2.24) is 0 Å². The average molecular weight is 437 g/mol.